The molecule has 0 aliphatic rings. The lowest BCUT2D eigenvalue weighted by Crippen LogP contribution is -1.92. The van der Waals surface area contributed by atoms with E-state index in [4.69, 9.17) is 0 Å². The van der Waals surface area contributed by atoms with Crippen molar-refractivity contribution in [2.75, 3.05) is 0 Å². The number of phenols is 1. The molecule has 2 N–H and O–H groups in total. The molecule has 1 aromatic heterocycles. The van der Waals surface area contributed by atoms with Gasteiger partial charge in [0.2, 0.25) is 0 Å². The van der Waals surface area contributed by atoms with Gasteiger partial charge in [0.1, 0.15) is 5.75 Å². The molecular weight excluding hydrogens is 222 g/mol. The average Bonchev–Trinajstić information content (AvgIpc) is 2.61. The minimum absolute atomic E-state index is 0.0354. The fourth-order valence-corrected chi connectivity index (χ4v) is 2.45. The van der Waals surface area contributed by atoms with Gasteiger partial charge in [0.25, 0.3) is 0 Å². The number of aromatic nitrogens is 1. The SMILES string of the molecule is CC(C)c1sc(=O)[nH]c1-c1ccc(O)cc1. The number of hydrogen-bond acceptors (Lipinski definition) is 3. The summed E-state index contributed by atoms with van der Waals surface area (Å²) in [5.74, 6) is 0.542. The Labute approximate surface area is 97.4 Å². The van der Waals surface area contributed by atoms with E-state index in [0.717, 1.165) is 16.1 Å². The summed E-state index contributed by atoms with van der Waals surface area (Å²) < 4.78 is 0. The highest BCUT2D eigenvalue weighted by Crippen LogP contribution is 2.29. The molecule has 0 aliphatic carbocycles. The smallest absolute Gasteiger partial charge is 0.305 e. The standard InChI is InChI=1S/C12H13NO2S/c1-7(2)11-10(13-12(15)16-11)8-3-5-9(14)6-4-8/h3-7,14H,1-2H3,(H,13,15). The van der Waals surface area contributed by atoms with Crippen LogP contribution in [-0.4, -0.2) is 10.1 Å². The number of rotatable bonds is 2. The van der Waals surface area contributed by atoms with Crippen LogP contribution in [0.5, 0.6) is 5.75 Å². The molecule has 0 unspecified atom stereocenters. The summed E-state index contributed by atoms with van der Waals surface area (Å²) in [6, 6.07) is 6.85. The van der Waals surface area contributed by atoms with E-state index in [1.807, 2.05) is 0 Å². The lowest BCUT2D eigenvalue weighted by atomic mass is 10.1. The molecule has 16 heavy (non-hydrogen) atoms. The van der Waals surface area contributed by atoms with Crippen molar-refractivity contribution >= 4 is 11.3 Å². The normalized spacial score (nSPS) is 10.9. The first-order valence-corrected chi connectivity index (χ1v) is 5.92. The van der Waals surface area contributed by atoms with Gasteiger partial charge in [-0.05, 0) is 35.7 Å². The molecule has 84 valence electrons. The van der Waals surface area contributed by atoms with Crippen LogP contribution in [0.15, 0.2) is 29.1 Å². The topological polar surface area (TPSA) is 53.1 Å². The average molecular weight is 235 g/mol. The zero-order valence-electron chi connectivity index (χ0n) is 9.15. The summed E-state index contributed by atoms with van der Waals surface area (Å²) in [7, 11) is 0. The molecule has 0 spiro atoms. The second-order valence-electron chi connectivity index (χ2n) is 3.96. The molecule has 1 heterocycles. The van der Waals surface area contributed by atoms with Crippen molar-refractivity contribution in [1.82, 2.24) is 4.98 Å². The summed E-state index contributed by atoms with van der Waals surface area (Å²) in [5, 5.41) is 9.22. The van der Waals surface area contributed by atoms with E-state index < -0.39 is 0 Å². The van der Waals surface area contributed by atoms with Gasteiger partial charge >= 0.3 is 4.87 Å². The number of aromatic amines is 1. The Morgan fingerprint density at radius 2 is 1.88 bits per heavy atom. The monoisotopic (exact) mass is 235 g/mol. The van der Waals surface area contributed by atoms with Crippen molar-refractivity contribution in [3.8, 4) is 17.0 Å². The fraction of sp³-hybridized carbons (Fsp3) is 0.250. The third-order valence-corrected chi connectivity index (χ3v) is 3.54. The van der Waals surface area contributed by atoms with Crippen LogP contribution in [0, 0.1) is 0 Å². The van der Waals surface area contributed by atoms with E-state index in [9.17, 15) is 9.90 Å². The first-order valence-electron chi connectivity index (χ1n) is 5.10. The van der Waals surface area contributed by atoms with Crippen LogP contribution >= 0.6 is 11.3 Å². The Bertz CT molecular complexity index is 537. The Balaban J connectivity index is 2.55. The van der Waals surface area contributed by atoms with Gasteiger partial charge in [0.05, 0.1) is 5.69 Å². The molecule has 0 amide bonds. The minimum atomic E-state index is -0.0354. The van der Waals surface area contributed by atoms with Gasteiger partial charge in [-0.3, -0.25) is 4.79 Å². The van der Waals surface area contributed by atoms with Crippen LogP contribution < -0.4 is 4.87 Å². The van der Waals surface area contributed by atoms with Crippen LogP contribution in [-0.2, 0) is 0 Å². The van der Waals surface area contributed by atoms with Crippen LogP contribution in [0.3, 0.4) is 0 Å². The highest BCUT2D eigenvalue weighted by Gasteiger charge is 2.12. The van der Waals surface area contributed by atoms with E-state index in [-0.39, 0.29) is 10.6 Å². The quantitative estimate of drug-likeness (QED) is 0.840. The van der Waals surface area contributed by atoms with E-state index in [1.165, 1.54) is 11.3 Å². The Kier molecular flexibility index (Phi) is 2.83. The minimum Gasteiger partial charge on any atom is -0.508 e. The summed E-state index contributed by atoms with van der Waals surface area (Å²) in [6.07, 6.45) is 0. The van der Waals surface area contributed by atoms with Crippen molar-refractivity contribution in [2.45, 2.75) is 19.8 Å². The van der Waals surface area contributed by atoms with Crippen LogP contribution in [0.2, 0.25) is 0 Å². The van der Waals surface area contributed by atoms with Crippen molar-refractivity contribution in [1.29, 1.82) is 0 Å². The molecule has 0 saturated heterocycles. The number of aromatic hydroxyl groups is 1. The summed E-state index contributed by atoms with van der Waals surface area (Å²) in [4.78, 5) is 15.2. The van der Waals surface area contributed by atoms with Gasteiger partial charge in [-0.2, -0.15) is 0 Å². The number of thiazole rings is 1. The Hall–Kier alpha value is -1.55. The fourth-order valence-electron chi connectivity index (χ4n) is 1.59. The number of H-pyrrole nitrogens is 1. The molecule has 4 heteroatoms. The third kappa shape index (κ3) is 2.02. The zero-order chi connectivity index (χ0) is 11.7. The highest BCUT2D eigenvalue weighted by molar-refractivity contribution is 7.09. The van der Waals surface area contributed by atoms with Crippen molar-refractivity contribution in [2.24, 2.45) is 0 Å². The molecular formula is C12H13NO2S. The molecule has 0 bridgehead atoms. The number of phenolic OH excluding ortho intramolecular Hbond substituents is 1. The summed E-state index contributed by atoms with van der Waals surface area (Å²) in [6.45, 7) is 4.12. The van der Waals surface area contributed by atoms with Gasteiger partial charge < -0.3 is 10.1 Å². The number of benzene rings is 1. The molecule has 0 aliphatic heterocycles. The van der Waals surface area contributed by atoms with E-state index in [0.29, 0.717) is 5.92 Å². The molecule has 2 rings (SSSR count). The van der Waals surface area contributed by atoms with Crippen molar-refractivity contribution in [3.63, 3.8) is 0 Å². The Morgan fingerprint density at radius 3 is 2.44 bits per heavy atom. The van der Waals surface area contributed by atoms with Crippen LogP contribution in [0.4, 0.5) is 0 Å². The summed E-state index contributed by atoms with van der Waals surface area (Å²) in [5.41, 5.74) is 1.80. The highest BCUT2D eigenvalue weighted by atomic mass is 32.1. The lowest BCUT2D eigenvalue weighted by Gasteiger charge is -2.05. The van der Waals surface area contributed by atoms with Gasteiger partial charge in [-0.25, -0.2) is 0 Å². The molecule has 0 atom stereocenters. The molecule has 1 aromatic carbocycles. The molecule has 0 saturated carbocycles. The zero-order valence-corrected chi connectivity index (χ0v) is 9.97. The van der Waals surface area contributed by atoms with Gasteiger partial charge in [0.15, 0.2) is 0 Å². The maximum absolute atomic E-state index is 11.4. The number of nitrogens with one attached hydrogen (secondary N) is 1. The van der Waals surface area contributed by atoms with Gasteiger partial charge in [0, 0.05) is 4.88 Å². The third-order valence-electron chi connectivity index (χ3n) is 2.36. The number of hydrogen-bond donors (Lipinski definition) is 2. The lowest BCUT2D eigenvalue weighted by molar-refractivity contribution is 0.475. The van der Waals surface area contributed by atoms with Crippen LogP contribution in [0.25, 0.3) is 11.3 Å². The largest absolute Gasteiger partial charge is 0.508 e. The van der Waals surface area contributed by atoms with E-state index >= 15 is 0 Å². The Morgan fingerprint density at radius 1 is 1.25 bits per heavy atom. The second kappa shape index (κ2) is 4.14. The van der Waals surface area contributed by atoms with Gasteiger partial charge in [-0.1, -0.05) is 25.2 Å². The first-order chi connectivity index (χ1) is 7.58. The van der Waals surface area contributed by atoms with Gasteiger partial charge in [-0.15, -0.1) is 0 Å². The maximum Gasteiger partial charge on any atom is 0.305 e. The first kappa shape index (κ1) is 11.0. The van der Waals surface area contributed by atoms with Crippen molar-refractivity contribution in [3.05, 3.63) is 38.8 Å². The summed E-state index contributed by atoms with van der Waals surface area (Å²) >= 11 is 1.25. The predicted molar refractivity (Wildman–Crippen MR) is 66.1 cm³/mol. The van der Waals surface area contributed by atoms with Crippen molar-refractivity contribution < 1.29 is 5.11 Å². The molecule has 0 radical (unpaired) electrons. The van der Waals surface area contributed by atoms with Crippen LogP contribution in [0.1, 0.15) is 24.6 Å². The molecule has 0 fully saturated rings. The van der Waals surface area contributed by atoms with E-state index in [1.54, 1.807) is 24.3 Å². The predicted octanol–water partition coefficient (Wildman–Crippen LogP) is 2.93. The molecule has 3 nitrogen and oxygen atoms in total. The van der Waals surface area contributed by atoms with E-state index in [2.05, 4.69) is 18.8 Å². The maximum atomic E-state index is 11.4. The molecule has 2 aromatic rings. The second-order valence-corrected chi connectivity index (χ2v) is 4.97.